The number of nitrogens with one attached hydrogen (secondary N) is 2. The standard InChI is InChI=1S/C29H33N5O2/c1-20(2)36-26-11-8-22(17-30-26)27-24-16-23(9-10-25(24)31-32-27)34-15-13-29(28(34)35)12-14-33(19-29)18-21-6-4-3-5-7-21/h3-11,16-17,20,27,31-32H,12-15,18-19H2,1-2H3. The third-order valence-electron chi connectivity index (χ3n) is 7.65. The molecule has 3 aliphatic rings. The summed E-state index contributed by atoms with van der Waals surface area (Å²) in [4.78, 5) is 22.7. The fourth-order valence-electron chi connectivity index (χ4n) is 5.82. The lowest BCUT2D eigenvalue weighted by molar-refractivity contribution is -0.125. The van der Waals surface area contributed by atoms with Crippen molar-refractivity contribution in [1.82, 2.24) is 15.3 Å². The second-order valence-corrected chi connectivity index (χ2v) is 10.5. The minimum Gasteiger partial charge on any atom is -0.475 e. The molecule has 7 nitrogen and oxygen atoms in total. The lowest BCUT2D eigenvalue weighted by atomic mass is 9.85. The summed E-state index contributed by atoms with van der Waals surface area (Å²) in [6, 6.07) is 20.7. The predicted molar refractivity (Wildman–Crippen MR) is 141 cm³/mol. The van der Waals surface area contributed by atoms with E-state index in [0.29, 0.717) is 5.88 Å². The third kappa shape index (κ3) is 4.22. The van der Waals surface area contributed by atoms with Crippen LogP contribution in [0, 0.1) is 5.41 Å². The van der Waals surface area contributed by atoms with Crippen molar-refractivity contribution in [3.05, 3.63) is 83.6 Å². The van der Waals surface area contributed by atoms with Crippen LogP contribution >= 0.6 is 0 Å². The minimum absolute atomic E-state index is 0.0416. The summed E-state index contributed by atoms with van der Waals surface area (Å²) in [6.45, 7) is 7.47. The summed E-state index contributed by atoms with van der Waals surface area (Å²) in [7, 11) is 0. The Morgan fingerprint density at radius 1 is 1.08 bits per heavy atom. The molecule has 7 heteroatoms. The molecular weight excluding hydrogens is 450 g/mol. The second-order valence-electron chi connectivity index (χ2n) is 10.5. The fourth-order valence-corrected chi connectivity index (χ4v) is 5.82. The van der Waals surface area contributed by atoms with Crippen LogP contribution in [0.4, 0.5) is 11.4 Å². The Morgan fingerprint density at radius 3 is 2.69 bits per heavy atom. The monoisotopic (exact) mass is 483 g/mol. The number of ether oxygens (including phenoxy) is 1. The van der Waals surface area contributed by atoms with Gasteiger partial charge in [0, 0.05) is 43.1 Å². The van der Waals surface area contributed by atoms with Gasteiger partial charge in [0.25, 0.3) is 0 Å². The van der Waals surface area contributed by atoms with Gasteiger partial charge in [0.05, 0.1) is 23.2 Å². The number of hydrogen-bond donors (Lipinski definition) is 2. The van der Waals surface area contributed by atoms with Gasteiger partial charge >= 0.3 is 0 Å². The maximum absolute atomic E-state index is 13.7. The zero-order valence-electron chi connectivity index (χ0n) is 20.9. The molecule has 36 heavy (non-hydrogen) atoms. The van der Waals surface area contributed by atoms with Gasteiger partial charge in [-0.2, -0.15) is 0 Å². The molecule has 2 saturated heterocycles. The number of hydrazine groups is 1. The number of anilines is 2. The molecule has 6 rings (SSSR count). The van der Waals surface area contributed by atoms with E-state index in [4.69, 9.17) is 4.74 Å². The van der Waals surface area contributed by atoms with E-state index in [9.17, 15) is 4.79 Å². The minimum atomic E-state index is -0.264. The third-order valence-corrected chi connectivity index (χ3v) is 7.65. The summed E-state index contributed by atoms with van der Waals surface area (Å²) < 4.78 is 5.69. The van der Waals surface area contributed by atoms with Crippen LogP contribution in [-0.2, 0) is 11.3 Å². The van der Waals surface area contributed by atoms with Gasteiger partial charge in [-0.25, -0.2) is 10.4 Å². The molecule has 0 bridgehead atoms. The Morgan fingerprint density at radius 2 is 1.92 bits per heavy atom. The number of carbonyl (C=O) groups is 1. The molecule has 186 valence electrons. The van der Waals surface area contributed by atoms with Gasteiger partial charge in [0.2, 0.25) is 11.8 Å². The number of aromatic nitrogens is 1. The molecule has 1 amide bonds. The number of amides is 1. The SMILES string of the molecule is CC(C)Oc1ccc(C2NNc3ccc(N4CCC5(CCN(Cc6ccccc6)C5)C4=O)cc32)cn1. The maximum atomic E-state index is 13.7. The molecule has 1 aromatic heterocycles. The Balaban J connectivity index is 1.18. The van der Waals surface area contributed by atoms with Gasteiger partial charge in [0.1, 0.15) is 0 Å². The number of benzene rings is 2. The quantitative estimate of drug-likeness (QED) is 0.537. The first-order valence-corrected chi connectivity index (χ1v) is 12.9. The molecule has 4 heterocycles. The normalized spacial score (nSPS) is 23.5. The Kier molecular flexibility index (Phi) is 5.90. The average Bonchev–Trinajstić information content (AvgIpc) is 3.58. The van der Waals surface area contributed by atoms with Crippen LogP contribution in [0.1, 0.15) is 49.4 Å². The molecule has 0 saturated carbocycles. The van der Waals surface area contributed by atoms with Gasteiger partial charge in [-0.3, -0.25) is 9.69 Å². The highest BCUT2D eigenvalue weighted by molar-refractivity contribution is 6.00. The van der Waals surface area contributed by atoms with Crippen molar-refractivity contribution in [3.63, 3.8) is 0 Å². The zero-order chi connectivity index (χ0) is 24.7. The Labute approximate surface area is 212 Å². The van der Waals surface area contributed by atoms with Crippen molar-refractivity contribution in [1.29, 1.82) is 0 Å². The number of nitrogens with zero attached hydrogens (tertiary/aromatic N) is 3. The highest BCUT2D eigenvalue weighted by Crippen LogP contribution is 2.44. The van der Waals surface area contributed by atoms with E-state index in [0.717, 1.165) is 61.5 Å². The lowest BCUT2D eigenvalue weighted by Crippen LogP contribution is -2.36. The van der Waals surface area contributed by atoms with Crippen LogP contribution < -0.4 is 20.5 Å². The maximum Gasteiger partial charge on any atom is 0.234 e. The lowest BCUT2D eigenvalue weighted by Gasteiger charge is -2.24. The molecule has 2 aromatic carbocycles. The summed E-state index contributed by atoms with van der Waals surface area (Å²) in [5.74, 6) is 0.893. The molecule has 3 aliphatic heterocycles. The number of carbonyl (C=O) groups excluding carboxylic acids is 1. The van der Waals surface area contributed by atoms with Crippen LogP contribution in [0.15, 0.2) is 66.9 Å². The fraction of sp³-hybridized carbons (Fsp3) is 0.379. The van der Waals surface area contributed by atoms with Gasteiger partial charge < -0.3 is 15.1 Å². The molecule has 2 N–H and O–H groups in total. The molecule has 0 aliphatic carbocycles. The van der Waals surface area contributed by atoms with Crippen LogP contribution in [0.3, 0.4) is 0 Å². The Bertz CT molecular complexity index is 1250. The highest BCUT2D eigenvalue weighted by Gasteiger charge is 2.51. The Hall–Kier alpha value is -3.42. The van der Waals surface area contributed by atoms with Crippen molar-refractivity contribution in [2.75, 3.05) is 30.0 Å². The summed E-state index contributed by atoms with van der Waals surface area (Å²) in [6.07, 6.45) is 3.79. The van der Waals surface area contributed by atoms with Crippen molar-refractivity contribution >= 4 is 17.3 Å². The van der Waals surface area contributed by atoms with E-state index < -0.39 is 0 Å². The number of likely N-dealkylation sites (tertiary alicyclic amines) is 1. The molecule has 1 spiro atoms. The molecule has 0 radical (unpaired) electrons. The number of rotatable bonds is 6. The van der Waals surface area contributed by atoms with E-state index in [1.807, 2.05) is 43.1 Å². The van der Waals surface area contributed by atoms with Crippen molar-refractivity contribution in [2.24, 2.45) is 5.41 Å². The van der Waals surface area contributed by atoms with E-state index in [-0.39, 0.29) is 23.5 Å². The average molecular weight is 484 g/mol. The molecular formula is C29H33N5O2. The van der Waals surface area contributed by atoms with E-state index in [1.54, 1.807) is 0 Å². The first-order valence-electron chi connectivity index (χ1n) is 12.9. The highest BCUT2D eigenvalue weighted by atomic mass is 16.5. The number of pyridine rings is 1. The van der Waals surface area contributed by atoms with Crippen molar-refractivity contribution < 1.29 is 9.53 Å². The van der Waals surface area contributed by atoms with Crippen LogP contribution in [0.25, 0.3) is 0 Å². The van der Waals surface area contributed by atoms with Crippen LogP contribution in [0.5, 0.6) is 5.88 Å². The van der Waals surface area contributed by atoms with Gasteiger partial charge in [-0.1, -0.05) is 36.4 Å². The topological polar surface area (TPSA) is 69.7 Å². The van der Waals surface area contributed by atoms with Gasteiger partial charge in [-0.15, -0.1) is 0 Å². The van der Waals surface area contributed by atoms with Gasteiger partial charge in [-0.05, 0) is 62.6 Å². The van der Waals surface area contributed by atoms with Crippen molar-refractivity contribution in [3.8, 4) is 5.88 Å². The smallest absolute Gasteiger partial charge is 0.234 e. The molecule has 3 aromatic rings. The van der Waals surface area contributed by atoms with E-state index >= 15 is 0 Å². The number of fused-ring (bicyclic) bond motifs is 1. The second kappa shape index (κ2) is 9.22. The number of hydrogen-bond acceptors (Lipinski definition) is 6. The first kappa shape index (κ1) is 23.0. The van der Waals surface area contributed by atoms with Crippen molar-refractivity contribution in [2.45, 2.75) is 45.4 Å². The van der Waals surface area contributed by atoms with E-state index in [2.05, 4.69) is 63.2 Å². The van der Waals surface area contributed by atoms with E-state index in [1.165, 1.54) is 5.56 Å². The summed E-state index contributed by atoms with van der Waals surface area (Å²) in [5, 5.41) is 0. The largest absolute Gasteiger partial charge is 0.475 e. The molecule has 2 atom stereocenters. The molecule has 2 fully saturated rings. The first-order chi connectivity index (χ1) is 17.5. The summed E-state index contributed by atoms with van der Waals surface area (Å²) in [5.41, 5.74) is 11.9. The van der Waals surface area contributed by atoms with Crippen LogP contribution in [-0.4, -0.2) is 41.5 Å². The van der Waals surface area contributed by atoms with Crippen LogP contribution in [0.2, 0.25) is 0 Å². The zero-order valence-corrected chi connectivity index (χ0v) is 20.9. The predicted octanol–water partition coefficient (Wildman–Crippen LogP) is 4.52. The molecule has 2 unspecified atom stereocenters. The summed E-state index contributed by atoms with van der Waals surface area (Å²) >= 11 is 0. The van der Waals surface area contributed by atoms with Gasteiger partial charge in [0.15, 0.2) is 0 Å².